The summed E-state index contributed by atoms with van der Waals surface area (Å²) in [5, 5.41) is 11.9. The summed E-state index contributed by atoms with van der Waals surface area (Å²) >= 11 is 0. The molecule has 3 rings (SSSR count). The minimum atomic E-state index is -0.171. The summed E-state index contributed by atoms with van der Waals surface area (Å²) in [6, 6.07) is 8.82. The van der Waals surface area contributed by atoms with Gasteiger partial charge in [-0.15, -0.1) is 0 Å². The average molecular weight is 342 g/mol. The predicted molar refractivity (Wildman–Crippen MR) is 91.0 cm³/mol. The Labute approximate surface area is 147 Å². The Morgan fingerprint density at radius 2 is 1.80 bits per heavy atom. The quantitative estimate of drug-likeness (QED) is 0.875. The second-order valence-electron chi connectivity index (χ2n) is 6.31. The molecule has 0 saturated carbocycles. The molecule has 3 amide bonds. The van der Waals surface area contributed by atoms with Crippen molar-refractivity contribution >= 4 is 11.9 Å². The molecule has 0 radical (unpaired) electrons. The predicted octanol–water partition coefficient (Wildman–Crippen LogP) is 1.20. The van der Waals surface area contributed by atoms with Gasteiger partial charge in [0.15, 0.2) is 0 Å². The van der Waals surface area contributed by atoms with Crippen LogP contribution in [0.4, 0.5) is 4.79 Å². The Hall–Kier alpha value is -2.59. The van der Waals surface area contributed by atoms with Crippen LogP contribution >= 0.6 is 0 Å². The lowest BCUT2D eigenvalue weighted by Crippen LogP contribution is -2.52. The fraction of sp³-hybridized carbons (Fsp3) is 0.500. The number of benzene rings is 1. The van der Waals surface area contributed by atoms with Gasteiger partial charge in [0.05, 0.1) is 24.8 Å². The van der Waals surface area contributed by atoms with E-state index in [1.807, 2.05) is 15.9 Å². The molecule has 132 valence electrons. The summed E-state index contributed by atoms with van der Waals surface area (Å²) in [5.41, 5.74) is 0.962. The van der Waals surface area contributed by atoms with Crippen LogP contribution in [-0.2, 0) is 4.74 Å². The summed E-state index contributed by atoms with van der Waals surface area (Å²) < 4.78 is 5.28. The van der Waals surface area contributed by atoms with E-state index in [0.717, 1.165) is 12.8 Å². The number of nitriles is 1. The van der Waals surface area contributed by atoms with E-state index < -0.39 is 0 Å². The topological polar surface area (TPSA) is 85.7 Å². The van der Waals surface area contributed by atoms with Gasteiger partial charge in [0.1, 0.15) is 0 Å². The van der Waals surface area contributed by atoms with E-state index in [-0.39, 0.29) is 18.0 Å². The van der Waals surface area contributed by atoms with E-state index in [2.05, 4.69) is 5.32 Å². The lowest BCUT2D eigenvalue weighted by molar-refractivity contribution is 0.0407. The van der Waals surface area contributed by atoms with Gasteiger partial charge in [0.2, 0.25) is 0 Å². The van der Waals surface area contributed by atoms with E-state index in [1.54, 1.807) is 24.3 Å². The monoisotopic (exact) mass is 342 g/mol. The van der Waals surface area contributed by atoms with Gasteiger partial charge in [-0.05, 0) is 31.0 Å². The van der Waals surface area contributed by atoms with Gasteiger partial charge in [0, 0.05) is 37.8 Å². The van der Waals surface area contributed by atoms with Crippen molar-refractivity contribution in [3.05, 3.63) is 35.4 Å². The summed E-state index contributed by atoms with van der Waals surface area (Å²) in [6.07, 6.45) is 1.47. The Balaban J connectivity index is 1.49. The van der Waals surface area contributed by atoms with E-state index in [1.165, 1.54) is 0 Å². The third-order valence-corrected chi connectivity index (χ3v) is 4.64. The number of carbonyl (C=O) groups is 2. The van der Waals surface area contributed by atoms with Crippen LogP contribution < -0.4 is 5.32 Å². The van der Waals surface area contributed by atoms with Crippen molar-refractivity contribution in [2.24, 2.45) is 0 Å². The van der Waals surface area contributed by atoms with Crippen LogP contribution in [0.2, 0.25) is 0 Å². The lowest BCUT2D eigenvalue weighted by atomic mass is 10.0. The Kier molecular flexibility index (Phi) is 5.51. The zero-order chi connectivity index (χ0) is 17.6. The van der Waals surface area contributed by atoms with E-state index in [4.69, 9.17) is 10.00 Å². The van der Waals surface area contributed by atoms with E-state index in [0.29, 0.717) is 50.5 Å². The minimum absolute atomic E-state index is 0.0481. The number of hydrogen-bond donors (Lipinski definition) is 1. The minimum Gasteiger partial charge on any atom is -0.378 e. The molecule has 7 nitrogen and oxygen atoms in total. The first-order valence-electron chi connectivity index (χ1n) is 8.60. The Bertz CT molecular complexity index is 671. The molecule has 2 fully saturated rings. The smallest absolute Gasteiger partial charge is 0.320 e. The number of amides is 3. The zero-order valence-corrected chi connectivity index (χ0v) is 14.1. The van der Waals surface area contributed by atoms with Crippen LogP contribution in [0.3, 0.4) is 0 Å². The van der Waals surface area contributed by atoms with Crippen LogP contribution in [0, 0.1) is 11.3 Å². The fourth-order valence-electron chi connectivity index (χ4n) is 3.17. The third kappa shape index (κ3) is 4.28. The molecule has 0 unspecified atom stereocenters. The molecule has 25 heavy (non-hydrogen) atoms. The van der Waals surface area contributed by atoms with Gasteiger partial charge in [-0.1, -0.05) is 6.07 Å². The van der Waals surface area contributed by atoms with Gasteiger partial charge in [-0.25, -0.2) is 4.79 Å². The number of likely N-dealkylation sites (tertiary alicyclic amines) is 1. The second kappa shape index (κ2) is 7.99. The van der Waals surface area contributed by atoms with Crippen LogP contribution in [0.1, 0.15) is 28.8 Å². The Morgan fingerprint density at radius 3 is 2.48 bits per heavy atom. The molecule has 0 spiro atoms. The molecular formula is C18H22N4O3. The molecule has 1 N–H and O–H groups in total. The number of nitrogens with one attached hydrogen (secondary N) is 1. The largest absolute Gasteiger partial charge is 0.378 e. The molecule has 0 atom stereocenters. The van der Waals surface area contributed by atoms with Crippen molar-refractivity contribution in [2.45, 2.75) is 18.9 Å². The molecule has 2 heterocycles. The van der Waals surface area contributed by atoms with E-state index in [9.17, 15) is 9.59 Å². The fourth-order valence-corrected chi connectivity index (χ4v) is 3.17. The van der Waals surface area contributed by atoms with Crippen LogP contribution in [-0.4, -0.2) is 67.2 Å². The van der Waals surface area contributed by atoms with Crippen molar-refractivity contribution in [3.8, 4) is 6.07 Å². The van der Waals surface area contributed by atoms with Crippen molar-refractivity contribution in [2.75, 3.05) is 39.4 Å². The molecule has 2 aliphatic heterocycles. The highest BCUT2D eigenvalue weighted by Gasteiger charge is 2.28. The number of hydrogen-bond acceptors (Lipinski definition) is 4. The van der Waals surface area contributed by atoms with Gasteiger partial charge >= 0.3 is 6.03 Å². The summed E-state index contributed by atoms with van der Waals surface area (Å²) in [7, 11) is 0. The van der Waals surface area contributed by atoms with Crippen molar-refractivity contribution in [3.63, 3.8) is 0 Å². The standard InChI is InChI=1S/C18H22N4O3/c19-13-14-2-1-3-15(12-14)17(23)20-16-4-6-21(7-5-16)18(24)22-8-10-25-11-9-22/h1-3,12,16H,4-11H2,(H,20,23). The zero-order valence-electron chi connectivity index (χ0n) is 14.1. The highest BCUT2D eigenvalue weighted by molar-refractivity contribution is 5.94. The summed E-state index contributed by atoms with van der Waals surface area (Å²) in [6.45, 7) is 3.76. The molecule has 1 aromatic rings. The third-order valence-electron chi connectivity index (χ3n) is 4.64. The van der Waals surface area contributed by atoms with Gasteiger partial charge < -0.3 is 19.9 Å². The number of rotatable bonds is 2. The maximum Gasteiger partial charge on any atom is 0.320 e. The van der Waals surface area contributed by atoms with Crippen molar-refractivity contribution in [1.29, 1.82) is 5.26 Å². The molecule has 0 bridgehead atoms. The molecule has 2 saturated heterocycles. The van der Waals surface area contributed by atoms with Crippen LogP contribution in [0.5, 0.6) is 0 Å². The number of morpholine rings is 1. The number of ether oxygens (including phenoxy) is 1. The van der Waals surface area contributed by atoms with Crippen LogP contribution in [0.25, 0.3) is 0 Å². The van der Waals surface area contributed by atoms with E-state index >= 15 is 0 Å². The molecular weight excluding hydrogens is 320 g/mol. The molecule has 2 aliphatic rings. The number of carbonyl (C=O) groups excluding carboxylic acids is 2. The molecule has 0 aromatic heterocycles. The first-order valence-corrected chi connectivity index (χ1v) is 8.60. The maximum atomic E-state index is 12.5. The Morgan fingerprint density at radius 1 is 1.12 bits per heavy atom. The van der Waals surface area contributed by atoms with Crippen LogP contribution in [0.15, 0.2) is 24.3 Å². The number of nitrogens with zero attached hydrogens (tertiary/aromatic N) is 3. The molecule has 7 heteroatoms. The first-order chi connectivity index (χ1) is 12.2. The highest BCUT2D eigenvalue weighted by atomic mass is 16.5. The first kappa shape index (κ1) is 17.2. The van der Waals surface area contributed by atoms with Gasteiger partial charge in [0.25, 0.3) is 5.91 Å². The number of piperidine rings is 1. The highest BCUT2D eigenvalue weighted by Crippen LogP contribution is 2.14. The lowest BCUT2D eigenvalue weighted by Gasteiger charge is -2.37. The second-order valence-corrected chi connectivity index (χ2v) is 6.31. The molecule has 0 aliphatic carbocycles. The van der Waals surface area contributed by atoms with Crippen molar-refractivity contribution in [1.82, 2.24) is 15.1 Å². The van der Waals surface area contributed by atoms with Gasteiger partial charge in [-0.3, -0.25) is 4.79 Å². The summed E-state index contributed by atoms with van der Waals surface area (Å²) in [5.74, 6) is -0.171. The normalized spacial score (nSPS) is 18.5. The van der Waals surface area contributed by atoms with Crippen molar-refractivity contribution < 1.29 is 14.3 Å². The summed E-state index contributed by atoms with van der Waals surface area (Å²) in [4.78, 5) is 28.5. The number of urea groups is 1. The average Bonchev–Trinajstić information content (AvgIpc) is 2.68. The SMILES string of the molecule is N#Cc1cccc(C(=O)NC2CCN(C(=O)N3CCOCC3)CC2)c1. The van der Waals surface area contributed by atoms with Gasteiger partial charge in [-0.2, -0.15) is 5.26 Å². The molecule has 1 aromatic carbocycles. The maximum absolute atomic E-state index is 12.5.